The summed E-state index contributed by atoms with van der Waals surface area (Å²) < 4.78 is 0. The van der Waals surface area contributed by atoms with Crippen molar-refractivity contribution in [2.45, 2.75) is 39.0 Å². The van der Waals surface area contributed by atoms with E-state index >= 15 is 0 Å². The predicted molar refractivity (Wildman–Crippen MR) is 138 cm³/mol. The van der Waals surface area contributed by atoms with Gasteiger partial charge in [0.15, 0.2) is 0 Å². The van der Waals surface area contributed by atoms with Crippen LogP contribution in [0.25, 0.3) is 10.8 Å². The third-order valence-corrected chi connectivity index (χ3v) is 7.51. The van der Waals surface area contributed by atoms with E-state index in [-0.39, 0.29) is 5.91 Å². The molecule has 0 radical (unpaired) electrons. The van der Waals surface area contributed by atoms with Crippen LogP contribution in [0.4, 0.5) is 11.4 Å². The largest absolute Gasteiger partial charge is 0.372 e. The second kappa shape index (κ2) is 9.75. The summed E-state index contributed by atoms with van der Waals surface area (Å²) in [4.78, 5) is 20.9. The maximum absolute atomic E-state index is 12.7. The molecule has 2 heterocycles. The molecular formula is C28H29N3OS. The molecule has 1 amide bonds. The number of hydrogen-bond acceptors (Lipinski definition) is 4. The zero-order valence-electron chi connectivity index (χ0n) is 19.0. The molecular weight excluding hydrogens is 426 g/mol. The Kier molecular flexibility index (Phi) is 6.40. The molecule has 0 aliphatic carbocycles. The molecule has 0 atom stereocenters. The summed E-state index contributed by atoms with van der Waals surface area (Å²) in [5.41, 5.74) is 4.31. The zero-order valence-corrected chi connectivity index (χ0v) is 19.8. The van der Waals surface area contributed by atoms with Crippen molar-refractivity contribution < 1.29 is 4.79 Å². The number of piperidine rings is 1. The molecule has 0 saturated carbocycles. The molecule has 4 nitrogen and oxygen atoms in total. The molecule has 3 aromatic carbocycles. The highest BCUT2D eigenvalue weighted by atomic mass is 32.1. The number of anilines is 2. The average molecular weight is 456 g/mol. The van der Waals surface area contributed by atoms with E-state index in [1.165, 1.54) is 41.3 Å². The molecule has 1 aliphatic heterocycles. The van der Waals surface area contributed by atoms with Gasteiger partial charge >= 0.3 is 0 Å². The predicted octanol–water partition coefficient (Wildman–Crippen LogP) is 6.37. The third-order valence-electron chi connectivity index (χ3n) is 6.35. The van der Waals surface area contributed by atoms with Crippen molar-refractivity contribution in [3.05, 3.63) is 87.9 Å². The molecule has 1 fully saturated rings. The van der Waals surface area contributed by atoms with Crippen molar-refractivity contribution in [2.75, 3.05) is 23.3 Å². The van der Waals surface area contributed by atoms with E-state index in [0.717, 1.165) is 40.8 Å². The van der Waals surface area contributed by atoms with Crippen molar-refractivity contribution in [1.82, 2.24) is 4.98 Å². The van der Waals surface area contributed by atoms with Crippen LogP contribution in [0.1, 0.15) is 40.4 Å². The van der Waals surface area contributed by atoms with Crippen molar-refractivity contribution in [1.29, 1.82) is 0 Å². The van der Waals surface area contributed by atoms with E-state index in [4.69, 9.17) is 4.98 Å². The van der Waals surface area contributed by atoms with Gasteiger partial charge in [-0.15, -0.1) is 11.3 Å². The van der Waals surface area contributed by atoms with Gasteiger partial charge in [-0.05, 0) is 66.8 Å². The van der Waals surface area contributed by atoms with E-state index in [2.05, 4.69) is 64.8 Å². The van der Waals surface area contributed by atoms with E-state index in [1.807, 2.05) is 19.1 Å². The number of thiazole rings is 1. The number of aromatic nitrogens is 1. The van der Waals surface area contributed by atoms with Gasteiger partial charge in [-0.25, -0.2) is 4.98 Å². The Morgan fingerprint density at radius 3 is 2.55 bits per heavy atom. The van der Waals surface area contributed by atoms with Crippen molar-refractivity contribution in [2.24, 2.45) is 0 Å². The van der Waals surface area contributed by atoms with Crippen LogP contribution in [0, 0.1) is 6.92 Å². The van der Waals surface area contributed by atoms with Crippen LogP contribution < -0.4 is 10.2 Å². The summed E-state index contributed by atoms with van der Waals surface area (Å²) in [5, 5.41) is 6.61. The Labute approximate surface area is 199 Å². The van der Waals surface area contributed by atoms with Gasteiger partial charge in [-0.1, -0.05) is 42.5 Å². The van der Waals surface area contributed by atoms with Crippen LogP contribution >= 0.6 is 11.3 Å². The summed E-state index contributed by atoms with van der Waals surface area (Å²) in [7, 11) is 0. The molecule has 1 aromatic heterocycles. The van der Waals surface area contributed by atoms with Gasteiger partial charge in [0.2, 0.25) is 5.91 Å². The number of carbonyl (C=O) groups is 1. The number of fused-ring (bicyclic) bond motifs is 1. The fraction of sp³-hybridized carbons (Fsp3) is 0.286. The molecule has 0 bridgehead atoms. The number of benzene rings is 3. The van der Waals surface area contributed by atoms with Crippen LogP contribution in [0.3, 0.4) is 0 Å². The average Bonchev–Trinajstić information content (AvgIpc) is 3.18. The number of hydrogen-bond donors (Lipinski definition) is 1. The quantitative estimate of drug-likeness (QED) is 0.368. The lowest BCUT2D eigenvalue weighted by molar-refractivity contribution is -0.115. The van der Waals surface area contributed by atoms with Crippen molar-refractivity contribution >= 4 is 39.4 Å². The van der Waals surface area contributed by atoms with Gasteiger partial charge < -0.3 is 10.2 Å². The Bertz CT molecular complexity index is 1250. The molecule has 4 aromatic rings. The van der Waals surface area contributed by atoms with E-state index in [9.17, 15) is 4.79 Å². The van der Waals surface area contributed by atoms with Gasteiger partial charge in [-0.3, -0.25) is 4.79 Å². The summed E-state index contributed by atoms with van der Waals surface area (Å²) in [5.74, 6) is 0.00387. The Morgan fingerprint density at radius 1 is 0.970 bits per heavy atom. The molecule has 5 heteroatoms. The van der Waals surface area contributed by atoms with Gasteiger partial charge in [0.1, 0.15) is 0 Å². The monoisotopic (exact) mass is 455 g/mol. The topological polar surface area (TPSA) is 45.2 Å². The first-order valence-electron chi connectivity index (χ1n) is 11.7. The SMILES string of the molecule is Cc1nc(Cc2cccc3ccccc23)sc1CC(=O)Nc1ccc(N2CCCCC2)cc1. The fourth-order valence-electron chi connectivity index (χ4n) is 4.60. The minimum absolute atomic E-state index is 0.00387. The summed E-state index contributed by atoms with van der Waals surface area (Å²) in [6.45, 7) is 4.24. The highest BCUT2D eigenvalue weighted by molar-refractivity contribution is 7.11. The normalized spacial score (nSPS) is 13.9. The van der Waals surface area contributed by atoms with E-state index in [1.54, 1.807) is 11.3 Å². The Morgan fingerprint density at radius 2 is 1.73 bits per heavy atom. The minimum atomic E-state index is 0.00387. The minimum Gasteiger partial charge on any atom is -0.372 e. The number of carbonyl (C=O) groups excluding carboxylic acids is 1. The highest BCUT2D eigenvalue weighted by Gasteiger charge is 2.14. The standard InChI is InChI=1S/C28H29N3OS/c1-20-26(33-28(29-20)18-22-10-7-9-21-8-3-4-11-25(21)22)19-27(32)30-23-12-14-24(15-13-23)31-16-5-2-6-17-31/h3-4,7-15H,2,5-6,16-19H2,1H3,(H,30,32). The van der Waals surface area contributed by atoms with Crippen LogP contribution in [0.15, 0.2) is 66.7 Å². The molecule has 1 saturated heterocycles. The number of nitrogens with one attached hydrogen (secondary N) is 1. The van der Waals surface area contributed by atoms with Gasteiger partial charge in [0, 0.05) is 35.8 Å². The second-order valence-electron chi connectivity index (χ2n) is 8.75. The lowest BCUT2D eigenvalue weighted by Crippen LogP contribution is -2.29. The highest BCUT2D eigenvalue weighted by Crippen LogP contribution is 2.26. The first-order valence-corrected chi connectivity index (χ1v) is 12.5. The molecule has 1 N–H and O–H groups in total. The number of amides is 1. The molecule has 0 spiro atoms. The number of rotatable bonds is 6. The maximum atomic E-state index is 12.7. The third kappa shape index (κ3) is 5.09. The van der Waals surface area contributed by atoms with E-state index in [0.29, 0.717) is 6.42 Å². The molecule has 5 rings (SSSR count). The zero-order chi connectivity index (χ0) is 22.6. The van der Waals surface area contributed by atoms with E-state index < -0.39 is 0 Å². The van der Waals surface area contributed by atoms with Gasteiger partial charge in [0.05, 0.1) is 17.1 Å². The lowest BCUT2D eigenvalue weighted by atomic mass is 10.0. The van der Waals surface area contributed by atoms with Crippen LogP contribution in [0.5, 0.6) is 0 Å². The molecule has 168 valence electrons. The number of aryl methyl sites for hydroxylation is 1. The number of nitrogens with zero attached hydrogens (tertiary/aromatic N) is 2. The van der Waals surface area contributed by atoms with Gasteiger partial charge in [0.25, 0.3) is 0 Å². The summed E-state index contributed by atoms with van der Waals surface area (Å²) in [6, 6.07) is 23.1. The Balaban J connectivity index is 1.23. The lowest BCUT2D eigenvalue weighted by Gasteiger charge is -2.28. The molecule has 0 unspecified atom stereocenters. The van der Waals surface area contributed by atoms with Crippen molar-refractivity contribution in [3.8, 4) is 0 Å². The first kappa shape index (κ1) is 21.7. The fourth-order valence-corrected chi connectivity index (χ4v) is 5.69. The van der Waals surface area contributed by atoms with Crippen molar-refractivity contribution in [3.63, 3.8) is 0 Å². The van der Waals surface area contributed by atoms with Crippen LogP contribution in [-0.2, 0) is 17.6 Å². The maximum Gasteiger partial charge on any atom is 0.229 e. The summed E-state index contributed by atoms with van der Waals surface area (Å²) >= 11 is 1.64. The summed E-state index contributed by atoms with van der Waals surface area (Å²) in [6.07, 6.45) is 4.98. The van der Waals surface area contributed by atoms with Crippen LogP contribution in [-0.4, -0.2) is 24.0 Å². The van der Waals surface area contributed by atoms with Crippen LogP contribution in [0.2, 0.25) is 0 Å². The smallest absolute Gasteiger partial charge is 0.229 e. The molecule has 33 heavy (non-hydrogen) atoms. The first-order chi connectivity index (χ1) is 16.2. The Hall–Kier alpha value is -3.18. The second-order valence-corrected chi connectivity index (χ2v) is 9.92. The molecule has 1 aliphatic rings. The van der Waals surface area contributed by atoms with Gasteiger partial charge in [-0.2, -0.15) is 0 Å².